The van der Waals surface area contributed by atoms with Gasteiger partial charge < -0.3 is 0 Å². The molecule has 86 valence electrons. The summed E-state index contributed by atoms with van der Waals surface area (Å²) in [4.78, 5) is 21.0. The van der Waals surface area contributed by atoms with Gasteiger partial charge in [0.1, 0.15) is 16.6 Å². The Morgan fingerprint density at radius 2 is 2.19 bits per heavy atom. The van der Waals surface area contributed by atoms with E-state index < -0.39 is 10.7 Å². The first-order valence-electron chi connectivity index (χ1n) is 4.60. The lowest BCUT2D eigenvalue weighted by Gasteiger charge is -2.04. The van der Waals surface area contributed by atoms with Gasteiger partial charge in [0.2, 0.25) is 0 Å². The Hall–Kier alpha value is -1.49. The summed E-state index contributed by atoms with van der Waals surface area (Å²) in [6, 6.07) is 1.93. The molecule has 0 fully saturated rings. The fourth-order valence-corrected chi connectivity index (χ4v) is 1.50. The number of hydrogen-bond acceptors (Lipinski definition) is 3. The van der Waals surface area contributed by atoms with Gasteiger partial charge in [-0.05, 0) is 6.07 Å². The van der Waals surface area contributed by atoms with E-state index in [0.29, 0.717) is 0 Å². The lowest BCUT2D eigenvalue weighted by Crippen LogP contribution is -2.05. The standard InChI is InChI=1S/C10H9ClFNO3/c1-2-6(14)5-7-8(12)3-4-9(10(7)11)13(15)16/h3-4H,2,5H2,1H3. The van der Waals surface area contributed by atoms with Crippen LogP contribution in [0, 0.1) is 15.9 Å². The van der Waals surface area contributed by atoms with Gasteiger partial charge in [0, 0.05) is 24.5 Å². The molecule has 1 aromatic carbocycles. The van der Waals surface area contributed by atoms with Crippen molar-refractivity contribution < 1.29 is 14.1 Å². The number of hydrogen-bond donors (Lipinski definition) is 0. The molecule has 0 bridgehead atoms. The monoisotopic (exact) mass is 245 g/mol. The minimum absolute atomic E-state index is 0.109. The summed E-state index contributed by atoms with van der Waals surface area (Å²) in [5.41, 5.74) is -0.496. The first-order valence-corrected chi connectivity index (χ1v) is 4.98. The molecule has 0 N–H and O–H groups in total. The summed E-state index contributed by atoms with van der Waals surface area (Å²) in [5, 5.41) is 10.3. The quantitative estimate of drug-likeness (QED) is 0.605. The number of halogens is 2. The molecule has 0 aliphatic rings. The van der Waals surface area contributed by atoms with Gasteiger partial charge in [-0.3, -0.25) is 14.9 Å². The lowest BCUT2D eigenvalue weighted by atomic mass is 10.1. The summed E-state index contributed by atoms with van der Waals surface area (Å²) >= 11 is 5.68. The third-order valence-corrected chi connectivity index (χ3v) is 2.55. The Kier molecular flexibility index (Phi) is 3.95. The molecule has 0 saturated heterocycles. The first kappa shape index (κ1) is 12.6. The predicted molar refractivity (Wildman–Crippen MR) is 57.1 cm³/mol. The van der Waals surface area contributed by atoms with Crippen LogP contribution in [0.5, 0.6) is 0 Å². The molecule has 0 atom stereocenters. The molecule has 0 aliphatic heterocycles. The number of carbonyl (C=O) groups excluding carboxylic acids is 1. The number of nitrogens with zero attached hydrogens (tertiary/aromatic N) is 1. The van der Waals surface area contributed by atoms with E-state index in [4.69, 9.17) is 11.6 Å². The van der Waals surface area contributed by atoms with Crippen molar-refractivity contribution in [3.8, 4) is 0 Å². The zero-order chi connectivity index (χ0) is 12.3. The molecule has 1 rings (SSSR count). The summed E-state index contributed by atoms with van der Waals surface area (Å²) in [6.45, 7) is 1.63. The second-order valence-corrected chi connectivity index (χ2v) is 3.56. The van der Waals surface area contributed by atoms with E-state index in [1.54, 1.807) is 6.92 Å². The van der Waals surface area contributed by atoms with E-state index >= 15 is 0 Å². The van der Waals surface area contributed by atoms with Crippen LogP contribution < -0.4 is 0 Å². The fraction of sp³-hybridized carbons (Fsp3) is 0.300. The summed E-state index contributed by atoms with van der Waals surface area (Å²) in [6.07, 6.45) is 0.0152. The van der Waals surface area contributed by atoms with Crippen molar-refractivity contribution in [2.24, 2.45) is 0 Å². The SMILES string of the molecule is CCC(=O)Cc1c(F)ccc([N+](=O)[O-])c1Cl. The Morgan fingerprint density at radius 3 is 2.69 bits per heavy atom. The molecule has 4 nitrogen and oxygen atoms in total. The Balaban J connectivity index is 3.21. The second-order valence-electron chi connectivity index (χ2n) is 3.19. The van der Waals surface area contributed by atoms with Gasteiger partial charge in [-0.1, -0.05) is 18.5 Å². The molecule has 6 heteroatoms. The van der Waals surface area contributed by atoms with E-state index in [0.717, 1.165) is 12.1 Å². The van der Waals surface area contributed by atoms with Crippen molar-refractivity contribution in [3.05, 3.63) is 38.7 Å². The van der Waals surface area contributed by atoms with Gasteiger partial charge >= 0.3 is 0 Å². The topological polar surface area (TPSA) is 60.2 Å². The third kappa shape index (κ3) is 2.55. The van der Waals surface area contributed by atoms with Crippen LogP contribution in [0.15, 0.2) is 12.1 Å². The molecular weight excluding hydrogens is 237 g/mol. The van der Waals surface area contributed by atoms with Crippen LogP contribution in [0.4, 0.5) is 10.1 Å². The second kappa shape index (κ2) is 5.03. The predicted octanol–water partition coefficient (Wildman–Crippen LogP) is 2.91. The molecule has 0 spiro atoms. The third-order valence-electron chi connectivity index (χ3n) is 2.13. The van der Waals surface area contributed by atoms with Crippen LogP contribution in [0.3, 0.4) is 0 Å². The smallest absolute Gasteiger partial charge is 0.288 e. The zero-order valence-electron chi connectivity index (χ0n) is 8.50. The van der Waals surface area contributed by atoms with Crippen molar-refractivity contribution in [2.75, 3.05) is 0 Å². The highest BCUT2D eigenvalue weighted by molar-refractivity contribution is 6.33. The van der Waals surface area contributed by atoms with Crippen molar-refractivity contribution in [1.29, 1.82) is 0 Å². The maximum Gasteiger partial charge on any atom is 0.288 e. The maximum atomic E-state index is 13.3. The molecule has 0 heterocycles. The van der Waals surface area contributed by atoms with Crippen LogP contribution in [-0.2, 0) is 11.2 Å². The number of rotatable bonds is 4. The molecule has 0 aromatic heterocycles. The molecule has 0 amide bonds. The van der Waals surface area contributed by atoms with Crippen LogP contribution in [0.25, 0.3) is 0 Å². The maximum absolute atomic E-state index is 13.3. The van der Waals surface area contributed by atoms with E-state index in [-0.39, 0.29) is 34.9 Å². The van der Waals surface area contributed by atoms with Gasteiger partial charge in [0.25, 0.3) is 5.69 Å². The van der Waals surface area contributed by atoms with Crippen molar-refractivity contribution in [3.63, 3.8) is 0 Å². The summed E-state index contributed by atoms with van der Waals surface area (Å²) in [5.74, 6) is -0.918. The molecule has 0 unspecified atom stereocenters. The molecule has 0 radical (unpaired) electrons. The van der Waals surface area contributed by atoms with E-state index in [1.807, 2.05) is 0 Å². The van der Waals surface area contributed by atoms with E-state index in [1.165, 1.54) is 0 Å². The van der Waals surface area contributed by atoms with E-state index in [9.17, 15) is 19.3 Å². The highest BCUT2D eigenvalue weighted by Gasteiger charge is 2.20. The number of nitro benzene ring substituents is 1. The minimum Gasteiger partial charge on any atom is -0.299 e. The van der Waals surface area contributed by atoms with Crippen LogP contribution in [0.2, 0.25) is 5.02 Å². The van der Waals surface area contributed by atoms with Crippen molar-refractivity contribution in [2.45, 2.75) is 19.8 Å². The largest absolute Gasteiger partial charge is 0.299 e. The highest BCUT2D eigenvalue weighted by Crippen LogP contribution is 2.30. The fourth-order valence-electron chi connectivity index (χ4n) is 1.21. The van der Waals surface area contributed by atoms with Gasteiger partial charge in [-0.2, -0.15) is 0 Å². The normalized spacial score (nSPS) is 10.2. The molecule has 0 saturated carbocycles. The number of carbonyl (C=O) groups is 1. The number of ketones is 1. The van der Waals surface area contributed by atoms with Gasteiger partial charge in [-0.15, -0.1) is 0 Å². The summed E-state index contributed by atoms with van der Waals surface area (Å²) in [7, 11) is 0. The van der Waals surface area contributed by atoms with Crippen molar-refractivity contribution >= 4 is 23.1 Å². The first-order chi connectivity index (χ1) is 7.47. The van der Waals surface area contributed by atoms with Crippen LogP contribution in [-0.4, -0.2) is 10.7 Å². The van der Waals surface area contributed by atoms with Gasteiger partial charge in [-0.25, -0.2) is 4.39 Å². The molecule has 16 heavy (non-hydrogen) atoms. The van der Waals surface area contributed by atoms with Crippen molar-refractivity contribution in [1.82, 2.24) is 0 Å². The van der Waals surface area contributed by atoms with Crippen LogP contribution >= 0.6 is 11.6 Å². The van der Waals surface area contributed by atoms with Crippen LogP contribution in [0.1, 0.15) is 18.9 Å². The zero-order valence-corrected chi connectivity index (χ0v) is 9.25. The Labute approximate surface area is 96.2 Å². The molecular formula is C10H9ClFNO3. The Morgan fingerprint density at radius 1 is 1.56 bits per heavy atom. The van der Waals surface area contributed by atoms with Gasteiger partial charge in [0.05, 0.1) is 4.92 Å². The Bertz CT molecular complexity index is 448. The lowest BCUT2D eigenvalue weighted by molar-refractivity contribution is -0.384. The number of nitro groups is 1. The highest BCUT2D eigenvalue weighted by atomic mass is 35.5. The van der Waals surface area contributed by atoms with E-state index in [2.05, 4.69) is 0 Å². The number of Topliss-reactive ketones (excluding diaryl/α,β-unsaturated/α-hetero) is 1. The average Bonchev–Trinajstić information content (AvgIpc) is 2.23. The molecule has 0 aliphatic carbocycles. The average molecular weight is 246 g/mol. The number of benzene rings is 1. The summed E-state index contributed by atoms with van der Waals surface area (Å²) < 4.78 is 13.3. The molecule has 1 aromatic rings. The minimum atomic E-state index is -0.707. The van der Waals surface area contributed by atoms with Gasteiger partial charge in [0.15, 0.2) is 0 Å².